The predicted molar refractivity (Wildman–Crippen MR) is 116 cm³/mol. The van der Waals surface area contributed by atoms with Gasteiger partial charge in [0.05, 0.1) is 43.1 Å². The second kappa shape index (κ2) is 8.91. The highest BCUT2D eigenvalue weighted by Gasteiger charge is 2.18. The van der Waals surface area contributed by atoms with Gasteiger partial charge >= 0.3 is 0 Å². The molecule has 0 saturated carbocycles. The summed E-state index contributed by atoms with van der Waals surface area (Å²) in [5.41, 5.74) is 4.02. The zero-order chi connectivity index (χ0) is 20.2. The fraction of sp³-hybridized carbons (Fsp3) is 0.304. The van der Waals surface area contributed by atoms with E-state index in [1.54, 1.807) is 0 Å². The van der Waals surface area contributed by atoms with E-state index >= 15 is 0 Å². The van der Waals surface area contributed by atoms with Gasteiger partial charge in [0.15, 0.2) is 0 Å². The van der Waals surface area contributed by atoms with Crippen LogP contribution in [-0.2, 0) is 4.74 Å². The van der Waals surface area contributed by atoms with Crippen LogP contribution in [0.3, 0.4) is 0 Å². The van der Waals surface area contributed by atoms with Crippen LogP contribution in [0.4, 0.5) is 0 Å². The van der Waals surface area contributed by atoms with Gasteiger partial charge in [0.25, 0.3) is 5.91 Å². The highest BCUT2D eigenvalue weighted by atomic mass is 35.5. The number of carbonyl (C=O) groups is 1. The fourth-order valence-corrected chi connectivity index (χ4v) is 3.98. The number of fused-ring (bicyclic) bond motifs is 1. The molecule has 4 rings (SSSR count). The Labute approximate surface area is 175 Å². The Hall–Kier alpha value is -2.47. The molecule has 0 radical (unpaired) electrons. The molecule has 3 aromatic rings. The van der Waals surface area contributed by atoms with E-state index in [0.717, 1.165) is 54.9 Å². The largest absolute Gasteiger partial charge is 0.370 e. The Balaban J connectivity index is 1.64. The number of carbonyl (C=O) groups excluding carboxylic acids is 1. The third-order valence-corrected chi connectivity index (χ3v) is 5.73. The second-order valence-electron chi connectivity index (χ2n) is 7.37. The van der Waals surface area contributed by atoms with Gasteiger partial charge in [-0.3, -0.25) is 4.79 Å². The fourth-order valence-electron chi connectivity index (χ4n) is 3.74. The van der Waals surface area contributed by atoms with Crippen LogP contribution < -0.4 is 10.2 Å². The van der Waals surface area contributed by atoms with Gasteiger partial charge in [-0.25, -0.2) is 4.98 Å². The Morgan fingerprint density at radius 3 is 2.76 bits per heavy atom. The summed E-state index contributed by atoms with van der Waals surface area (Å²) < 4.78 is 5.39. The van der Waals surface area contributed by atoms with Crippen molar-refractivity contribution in [2.45, 2.75) is 6.92 Å². The van der Waals surface area contributed by atoms with Gasteiger partial charge in [0.1, 0.15) is 13.1 Å². The summed E-state index contributed by atoms with van der Waals surface area (Å²) in [4.78, 5) is 19.4. The van der Waals surface area contributed by atoms with Crippen molar-refractivity contribution in [1.29, 1.82) is 0 Å². The molecule has 1 aromatic heterocycles. The number of nitrogens with one attached hydrogen (secondary N) is 2. The number of rotatable bonds is 5. The Bertz CT molecular complexity index is 1030. The van der Waals surface area contributed by atoms with E-state index in [4.69, 9.17) is 21.3 Å². The minimum Gasteiger partial charge on any atom is -0.370 e. The van der Waals surface area contributed by atoms with E-state index in [2.05, 4.69) is 5.32 Å². The molecule has 0 atom stereocenters. The summed E-state index contributed by atoms with van der Waals surface area (Å²) in [5, 5.41) is 4.57. The molecule has 2 aromatic carbocycles. The molecule has 0 spiro atoms. The van der Waals surface area contributed by atoms with Gasteiger partial charge in [0.2, 0.25) is 0 Å². The Morgan fingerprint density at radius 2 is 1.97 bits per heavy atom. The lowest BCUT2D eigenvalue weighted by atomic mass is 10.0. The first-order valence-corrected chi connectivity index (χ1v) is 10.4. The first kappa shape index (κ1) is 19.8. The lowest BCUT2D eigenvalue weighted by molar-refractivity contribution is -0.906. The minimum absolute atomic E-state index is 0.0797. The van der Waals surface area contributed by atoms with Crippen LogP contribution in [0.2, 0.25) is 5.02 Å². The highest BCUT2D eigenvalue weighted by Crippen LogP contribution is 2.30. The lowest BCUT2D eigenvalue weighted by Gasteiger charge is -2.23. The first-order chi connectivity index (χ1) is 14.1. The van der Waals surface area contributed by atoms with Crippen molar-refractivity contribution < 1.29 is 14.4 Å². The first-order valence-electron chi connectivity index (χ1n) is 9.98. The number of para-hydroxylation sites is 1. The van der Waals surface area contributed by atoms with Gasteiger partial charge in [-0.1, -0.05) is 48.0 Å². The molecule has 1 amide bonds. The molecule has 0 unspecified atom stereocenters. The maximum atomic E-state index is 13.1. The van der Waals surface area contributed by atoms with E-state index < -0.39 is 0 Å². The number of quaternary nitrogens is 1. The van der Waals surface area contributed by atoms with Crippen molar-refractivity contribution in [2.24, 2.45) is 0 Å². The monoisotopic (exact) mass is 410 g/mol. The number of hydrogen-bond donors (Lipinski definition) is 2. The molecule has 1 aliphatic heterocycles. The van der Waals surface area contributed by atoms with E-state index in [9.17, 15) is 4.79 Å². The minimum atomic E-state index is -0.0797. The number of nitrogens with zero attached hydrogens (tertiary/aromatic N) is 1. The topological polar surface area (TPSA) is 55.7 Å². The van der Waals surface area contributed by atoms with Crippen molar-refractivity contribution in [3.05, 3.63) is 64.7 Å². The number of aryl methyl sites for hydroxylation is 1. The molecular formula is C23H25ClN3O2+. The number of hydrogen-bond acceptors (Lipinski definition) is 3. The van der Waals surface area contributed by atoms with Crippen LogP contribution in [0.25, 0.3) is 22.2 Å². The van der Waals surface area contributed by atoms with Crippen molar-refractivity contribution in [2.75, 3.05) is 39.4 Å². The predicted octanol–water partition coefficient (Wildman–Crippen LogP) is 2.51. The van der Waals surface area contributed by atoms with E-state index in [1.807, 2.05) is 55.5 Å². The summed E-state index contributed by atoms with van der Waals surface area (Å²) in [7, 11) is 0. The normalized spacial score (nSPS) is 14.8. The number of pyridine rings is 1. The van der Waals surface area contributed by atoms with Crippen molar-refractivity contribution >= 4 is 28.4 Å². The molecule has 2 N–H and O–H groups in total. The average Bonchev–Trinajstić information content (AvgIpc) is 2.74. The molecule has 1 aliphatic rings. The molecule has 2 heterocycles. The third kappa shape index (κ3) is 4.42. The van der Waals surface area contributed by atoms with Gasteiger partial charge < -0.3 is 15.0 Å². The summed E-state index contributed by atoms with van der Waals surface area (Å²) in [6, 6.07) is 15.4. The number of benzene rings is 2. The third-order valence-electron chi connectivity index (χ3n) is 5.40. The molecule has 0 bridgehead atoms. The van der Waals surface area contributed by atoms with Gasteiger partial charge in [-0.05, 0) is 24.6 Å². The van der Waals surface area contributed by atoms with Crippen molar-refractivity contribution in [3.8, 4) is 11.3 Å². The maximum Gasteiger partial charge on any atom is 0.252 e. The quantitative estimate of drug-likeness (QED) is 0.679. The van der Waals surface area contributed by atoms with Gasteiger partial charge in [-0.15, -0.1) is 0 Å². The zero-order valence-electron chi connectivity index (χ0n) is 16.5. The smallest absolute Gasteiger partial charge is 0.252 e. The van der Waals surface area contributed by atoms with Crippen LogP contribution in [-0.4, -0.2) is 50.3 Å². The lowest BCUT2D eigenvalue weighted by Crippen LogP contribution is -3.14. The number of aromatic nitrogens is 1. The maximum absolute atomic E-state index is 13.1. The van der Waals surface area contributed by atoms with E-state index in [-0.39, 0.29) is 5.91 Å². The molecule has 5 nitrogen and oxygen atoms in total. The SMILES string of the molecule is Cc1cccc2c(C(=O)NCC[NH+]3CCOCC3)cc(-c3ccccc3Cl)nc12. The Morgan fingerprint density at radius 1 is 1.17 bits per heavy atom. The van der Waals surface area contributed by atoms with Crippen LogP contribution in [0.1, 0.15) is 15.9 Å². The molecule has 1 saturated heterocycles. The van der Waals surface area contributed by atoms with E-state index in [0.29, 0.717) is 22.8 Å². The Kier molecular flexibility index (Phi) is 6.09. The molecule has 29 heavy (non-hydrogen) atoms. The van der Waals surface area contributed by atoms with Crippen LogP contribution in [0.15, 0.2) is 48.5 Å². The molecule has 6 heteroatoms. The molecule has 150 valence electrons. The zero-order valence-corrected chi connectivity index (χ0v) is 17.3. The van der Waals surface area contributed by atoms with Crippen molar-refractivity contribution in [1.82, 2.24) is 10.3 Å². The van der Waals surface area contributed by atoms with Crippen LogP contribution in [0, 0.1) is 6.92 Å². The summed E-state index contributed by atoms with van der Waals surface area (Å²) >= 11 is 6.40. The van der Waals surface area contributed by atoms with Crippen molar-refractivity contribution in [3.63, 3.8) is 0 Å². The van der Waals surface area contributed by atoms with Gasteiger partial charge in [0, 0.05) is 16.0 Å². The standard InChI is InChI=1S/C23H24ClN3O2/c1-16-5-4-7-17-19(23(28)25-9-10-27-11-13-29-14-12-27)15-21(26-22(16)17)18-6-2-3-8-20(18)24/h2-8,15H,9-14H2,1H3,(H,25,28)/p+1. The highest BCUT2D eigenvalue weighted by molar-refractivity contribution is 6.33. The number of amides is 1. The number of morpholine rings is 1. The number of ether oxygens (including phenoxy) is 1. The van der Waals surface area contributed by atoms with E-state index in [1.165, 1.54) is 4.90 Å². The average molecular weight is 411 g/mol. The van der Waals surface area contributed by atoms with Crippen LogP contribution >= 0.6 is 11.6 Å². The summed E-state index contributed by atoms with van der Waals surface area (Å²) in [6.45, 7) is 7.10. The molecule has 1 fully saturated rings. The number of halogens is 1. The summed E-state index contributed by atoms with van der Waals surface area (Å²) in [6.07, 6.45) is 0. The van der Waals surface area contributed by atoms with Gasteiger partial charge in [-0.2, -0.15) is 0 Å². The second-order valence-corrected chi connectivity index (χ2v) is 7.78. The van der Waals surface area contributed by atoms with Crippen LogP contribution in [0.5, 0.6) is 0 Å². The molecule has 0 aliphatic carbocycles. The summed E-state index contributed by atoms with van der Waals surface area (Å²) in [5.74, 6) is -0.0797. The molecular weight excluding hydrogens is 386 g/mol.